The Balaban J connectivity index is 0.000000956. The van der Waals surface area contributed by atoms with Crippen molar-refractivity contribution in [3.8, 4) is 0 Å². The number of Topliss-reactive ketones (excluding diaryl/α,β-unsaturated/α-hetero) is 1. The Morgan fingerprint density at radius 3 is 2.30 bits per heavy atom. The molecule has 0 spiro atoms. The summed E-state index contributed by atoms with van der Waals surface area (Å²) in [6.07, 6.45) is 7.91. The standard InChI is InChI=1S/C17H30O.C2H6/c1-11(2)7-14-5-6-16(13(4)18)17-9-12(3)8-15(17)10-14;1-2/h11-12,14-17H,5-10H2,1-4H3;1-2H3/t12?,14?,15-,16+,17-;/m0./s1. The van der Waals surface area contributed by atoms with Gasteiger partial charge in [0.25, 0.3) is 0 Å². The van der Waals surface area contributed by atoms with E-state index in [4.69, 9.17) is 0 Å². The molecule has 118 valence electrons. The lowest BCUT2D eigenvalue weighted by atomic mass is 9.80. The topological polar surface area (TPSA) is 17.1 Å². The van der Waals surface area contributed by atoms with Gasteiger partial charge in [0.1, 0.15) is 5.78 Å². The number of fused-ring (bicyclic) bond motifs is 1. The van der Waals surface area contributed by atoms with E-state index in [2.05, 4.69) is 20.8 Å². The van der Waals surface area contributed by atoms with Crippen molar-refractivity contribution >= 4 is 5.78 Å². The third-order valence-electron chi connectivity index (χ3n) is 5.35. The van der Waals surface area contributed by atoms with Crippen LogP contribution < -0.4 is 0 Å². The van der Waals surface area contributed by atoms with Crippen LogP contribution >= 0.6 is 0 Å². The molecule has 0 aromatic rings. The molecule has 0 amide bonds. The maximum Gasteiger partial charge on any atom is 0.133 e. The lowest BCUT2D eigenvalue weighted by Crippen LogP contribution is -2.23. The van der Waals surface area contributed by atoms with Gasteiger partial charge in [0, 0.05) is 5.92 Å². The van der Waals surface area contributed by atoms with Gasteiger partial charge >= 0.3 is 0 Å². The van der Waals surface area contributed by atoms with Crippen LogP contribution in [0.15, 0.2) is 0 Å². The van der Waals surface area contributed by atoms with Gasteiger partial charge in [0.15, 0.2) is 0 Å². The van der Waals surface area contributed by atoms with E-state index in [1.165, 1.54) is 38.5 Å². The third kappa shape index (κ3) is 4.60. The molecule has 2 aliphatic rings. The molecule has 0 heterocycles. The molecular formula is C19H36O. The molecule has 0 radical (unpaired) electrons. The molecule has 5 atom stereocenters. The predicted octanol–water partition coefficient (Wildman–Crippen LogP) is 5.73. The first-order valence-corrected chi connectivity index (χ1v) is 8.97. The van der Waals surface area contributed by atoms with Crippen molar-refractivity contribution in [3.05, 3.63) is 0 Å². The Labute approximate surface area is 126 Å². The van der Waals surface area contributed by atoms with E-state index in [1.807, 2.05) is 20.8 Å². The maximum atomic E-state index is 11.9. The molecule has 0 bridgehead atoms. The van der Waals surface area contributed by atoms with Crippen molar-refractivity contribution in [3.63, 3.8) is 0 Å². The number of carbonyl (C=O) groups is 1. The van der Waals surface area contributed by atoms with Crippen molar-refractivity contribution in [1.29, 1.82) is 0 Å². The van der Waals surface area contributed by atoms with Crippen LogP contribution in [0.3, 0.4) is 0 Å². The van der Waals surface area contributed by atoms with E-state index < -0.39 is 0 Å². The fourth-order valence-corrected chi connectivity index (χ4v) is 4.77. The Bertz CT molecular complexity index is 294. The van der Waals surface area contributed by atoms with Crippen LogP contribution in [-0.4, -0.2) is 5.78 Å². The maximum absolute atomic E-state index is 11.9. The fraction of sp³-hybridized carbons (Fsp3) is 0.947. The Hall–Kier alpha value is -0.330. The SMILES string of the molecule is CC.CC(=O)[C@H]1CCC(CC(C)C)C[C@@H]2CC(C)C[C@@H]21. The van der Waals surface area contributed by atoms with E-state index in [0.717, 1.165) is 29.6 Å². The largest absolute Gasteiger partial charge is 0.300 e. The zero-order valence-corrected chi connectivity index (χ0v) is 14.6. The van der Waals surface area contributed by atoms with E-state index >= 15 is 0 Å². The normalized spacial score (nSPS) is 36.9. The summed E-state index contributed by atoms with van der Waals surface area (Å²) >= 11 is 0. The van der Waals surface area contributed by atoms with Crippen molar-refractivity contribution in [2.45, 2.75) is 80.1 Å². The molecular weight excluding hydrogens is 244 g/mol. The Morgan fingerprint density at radius 1 is 1.10 bits per heavy atom. The molecule has 0 saturated heterocycles. The second-order valence-corrected chi connectivity index (χ2v) is 7.53. The fourth-order valence-electron chi connectivity index (χ4n) is 4.77. The minimum atomic E-state index is 0.386. The molecule has 20 heavy (non-hydrogen) atoms. The van der Waals surface area contributed by atoms with Crippen LogP contribution in [0.4, 0.5) is 0 Å². The Morgan fingerprint density at radius 2 is 1.75 bits per heavy atom. The van der Waals surface area contributed by atoms with Crippen molar-refractivity contribution in [2.24, 2.45) is 35.5 Å². The molecule has 0 N–H and O–H groups in total. The highest BCUT2D eigenvalue weighted by atomic mass is 16.1. The zero-order chi connectivity index (χ0) is 15.3. The van der Waals surface area contributed by atoms with Crippen molar-refractivity contribution in [2.75, 3.05) is 0 Å². The summed E-state index contributed by atoms with van der Waals surface area (Å²) < 4.78 is 0. The summed E-state index contributed by atoms with van der Waals surface area (Å²) in [7, 11) is 0. The van der Waals surface area contributed by atoms with Crippen LogP contribution in [0, 0.1) is 35.5 Å². The highest BCUT2D eigenvalue weighted by molar-refractivity contribution is 5.78. The molecule has 2 fully saturated rings. The highest BCUT2D eigenvalue weighted by Crippen LogP contribution is 2.49. The molecule has 0 aromatic heterocycles. The van der Waals surface area contributed by atoms with E-state index in [-0.39, 0.29) is 0 Å². The van der Waals surface area contributed by atoms with Gasteiger partial charge in [-0.3, -0.25) is 4.79 Å². The minimum absolute atomic E-state index is 0.386. The predicted molar refractivity (Wildman–Crippen MR) is 87.7 cm³/mol. The quantitative estimate of drug-likeness (QED) is 0.645. The minimum Gasteiger partial charge on any atom is -0.300 e. The van der Waals surface area contributed by atoms with Crippen molar-refractivity contribution in [1.82, 2.24) is 0 Å². The second kappa shape index (κ2) is 8.20. The van der Waals surface area contributed by atoms with Gasteiger partial charge in [-0.2, -0.15) is 0 Å². The molecule has 0 aliphatic heterocycles. The Kier molecular flexibility index (Phi) is 7.26. The molecule has 2 unspecified atom stereocenters. The molecule has 1 nitrogen and oxygen atoms in total. The second-order valence-electron chi connectivity index (χ2n) is 7.53. The van der Waals surface area contributed by atoms with Crippen LogP contribution in [0.1, 0.15) is 80.1 Å². The number of hydrogen-bond acceptors (Lipinski definition) is 1. The average Bonchev–Trinajstić information content (AvgIpc) is 2.63. The average molecular weight is 280 g/mol. The van der Waals surface area contributed by atoms with Crippen LogP contribution in [0.2, 0.25) is 0 Å². The van der Waals surface area contributed by atoms with Gasteiger partial charge in [-0.1, -0.05) is 34.6 Å². The molecule has 1 heteroatoms. The first kappa shape index (κ1) is 17.7. The van der Waals surface area contributed by atoms with Crippen molar-refractivity contribution < 1.29 is 4.79 Å². The number of ketones is 1. The zero-order valence-electron chi connectivity index (χ0n) is 14.6. The molecule has 2 saturated carbocycles. The third-order valence-corrected chi connectivity index (χ3v) is 5.35. The molecule has 2 rings (SSSR count). The summed E-state index contributed by atoms with van der Waals surface area (Å²) in [4.78, 5) is 11.9. The monoisotopic (exact) mass is 280 g/mol. The van der Waals surface area contributed by atoms with Gasteiger partial charge in [-0.15, -0.1) is 0 Å². The lowest BCUT2D eigenvalue weighted by Gasteiger charge is -2.24. The summed E-state index contributed by atoms with van der Waals surface area (Å²) in [5.74, 6) is 4.95. The van der Waals surface area contributed by atoms with Crippen LogP contribution in [-0.2, 0) is 4.79 Å². The summed E-state index contributed by atoms with van der Waals surface area (Å²) in [5.41, 5.74) is 0. The van der Waals surface area contributed by atoms with Crippen LogP contribution in [0.5, 0.6) is 0 Å². The lowest BCUT2D eigenvalue weighted by molar-refractivity contribution is -0.122. The van der Waals surface area contributed by atoms with Gasteiger partial charge in [0.2, 0.25) is 0 Å². The first-order valence-electron chi connectivity index (χ1n) is 8.97. The van der Waals surface area contributed by atoms with E-state index in [1.54, 1.807) is 0 Å². The number of carbonyl (C=O) groups excluding carboxylic acids is 1. The molecule has 0 aromatic carbocycles. The van der Waals surface area contributed by atoms with Crippen LogP contribution in [0.25, 0.3) is 0 Å². The summed E-state index contributed by atoms with van der Waals surface area (Å²) in [6.45, 7) is 12.9. The van der Waals surface area contributed by atoms with Gasteiger partial charge in [-0.25, -0.2) is 0 Å². The van der Waals surface area contributed by atoms with Gasteiger partial charge in [0.05, 0.1) is 0 Å². The van der Waals surface area contributed by atoms with Gasteiger partial charge in [-0.05, 0) is 75.0 Å². The highest BCUT2D eigenvalue weighted by Gasteiger charge is 2.41. The number of hydrogen-bond donors (Lipinski definition) is 0. The smallest absolute Gasteiger partial charge is 0.133 e. The van der Waals surface area contributed by atoms with E-state index in [9.17, 15) is 4.79 Å². The molecule has 2 aliphatic carbocycles. The van der Waals surface area contributed by atoms with E-state index in [0.29, 0.717) is 11.7 Å². The summed E-state index contributed by atoms with van der Waals surface area (Å²) in [5, 5.41) is 0. The summed E-state index contributed by atoms with van der Waals surface area (Å²) in [6, 6.07) is 0. The number of rotatable bonds is 3. The van der Waals surface area contributed by atoms with Gasteiger partial charge < -0.3 is 0 Å². The first-order chi connectivity index (χ1) is 9.47.